The number of unbranched alkanes of at least 4 members (excludes halogenated alkanes) is 3. The molecule has 0 aromatic carbocycles. The first kappa shape index (κ1) is 16.7. The first-order chi connectivity index (χ1) is 9.65. The van der Waals surface area contributed by atoms with Crippen molar-refractivity contribution in [1.82, 2.24) is 4.90 Å². The van der Waals surface area contributed by atoms with Crippen LogP contribution in [0.1, 0.15) is 48.7 Å². The zero-order valence-corrected chi connectivity index (χ0v) is 13.1. The van der Waals surface area contributed by atoms with Crippen molar-refractivity contribution in [3.05, 3.63) is 22.4 Å². The van der Waals surface area contributed by atoms with Crippen LogP contribution >= 0.6 is 11.3 Å². The monoisotopic (exact) mass is 297 g/mol. The minimum absolute atomic E-state index is 0.0718. The van der Waals surface area contributed by atoms with Crippen molar-refractivity contribution in [3.63, 3.8) is 0 Å². The lowest BCUT2D eigenvalue weighted by Crippen LogP contribution is -2.29. The minimum Gasteiger partial charge on any atom is -0.449 e. The molecule has 1 heterocycles. The molecule has 0 aliphatic rings. The van der Waals surface area contributed by atoms with Crippen molar-refractivity contribution in [3.8, 4) is 0 Å². The van der Waals surface area contributed by atoms with Gasteiger partial charge in [-0.3, -0.25) is 4.79 Å². The van der Waals surface area contributed by atoms with Gasteiger partial charge < -0.3 is 9.64 Å². The molecule has 0 aliphatic carbocycles. The van der Waals surface area contributed by atoms with Crippen LogP contribution in [0.5, 0.6) is 0 Å². The van der Waals surface area contributed by atoms with Crippen molar-refractivity contribution in [2.24, 2.45) is 0 Å². The van der Waals surface area contributed by atoms with E-state index in [0.29, 0.717) is 19.6 Å². The summed E-state index contributed by atoms with van der Waals surface area (Å²) in [7, 11) is 1.66. The molecule has 1 rings (SSSR count). The third kappa shape index (κ3) is 6.19. The number of carbonyl (C=O) groups is 2. The largest absolute Gasteiger partial charge is 0.449 e. The Morgan fingerprint density at radius 2 is 2.10 bits per heavy atom. The second-order valence-electron chi connectivity index (χ2n) is 4.75. The predicted molar refractivity (Wildman–Crippen MR) is 81.4 cm³/mol. The van der Waals surface area contributed by atoms with E-state index in [1.807, 2.05) is 11.4 Å². The number of rotatable bonds is 9. The van der Waals surface area contributed by atoms with Crippen molar-refractivity contribution in [2.45, 2.75) is 39.0 Å². The highest BCUT2D eigenvalue weighted by Crippen LogP contribution is 2.11. The van der Waals surface area contributed by atoms with Gasteiger partial charge in [0.25, 0.3) is 0 Å². The van der Waals surface area contributed by atoms with Crippen LogP contribution in [0.15, 0.2) is 17.5 Å². The second-order valence-corrected chi connectivity index (χ2v) is 5.69. The van der Waals surface area contributed by atoms with Crippen LogP contribution in [0.3, 0.4) is 0 Å². The molecule has 20 heavy (non-hydrogen) atoms. The molecule has 0 N–H and O–H groups in total. The Morgan fingerprint density at radius 3 is 2.75 bits per heavy atom. The Labute approximate surface area is 124 Å². The molecule has 1 aromatic heterocycles. The number of amides is 1. The maximum atomic E-state index is 11.8. The van der Waals surface area contributed by atoms with E-state index in [4.69, 9.17) is 4.74 Å². The van der Waals surface area contributed by atoms with Crippen molar-refractivity contribution in [1.29, 1.82) is 0 Å². The average molecular weight is 297 g/mol. The molecule has 0 saturated carbocycles. The Kier molecular flexibility index (Phi) is 7.95. The summed E-state index contributed by atoms with van der Waals surface area (Å²) < 4.78 is 5.15. The lowest BCUT2D eigenvalue weighted by atomic mass is 10.2. The van der Waals surface area contributed by atoms with Crippen LogP contribution in [0.25, 0.3) is 0 Å². The molecule has 0 spiro atoms. The van der Waals surface area contributed by atoms with Crippen molar-refractivity contribution < 1.29 is 14.3 Å². The zero-order chi connectivity index (χ0) is 14.8. The van der Waals surface area contributed by atoms with E-state index in [-0.39, 0.29) is 11.9 Å². The zero-order valence-electron chi connectivity index (χ0n) is 12.3. The molecule has 0 bridgehead atoms. The van der Waals surface area contributed by atoms with Gasteiger partial charge in [0, 0.05) is 20.0 Å². The number of carbonyl (C=O) groups excluding carboxylic acids is 2. The number of ether oxygens (including phenoxy) is 1. The van der Waals surface area contributed by atoms with E-state index in [1.54, 1.807) is 13.1 Å². The standard InChI is InChI=1S/C15H23NO3S/c1-3-4-5-6-11-19-15(18)16(2)10-9-13(17)14-8-7-12-20-14/h7-8,12H,3-6,9-11H2,1-2H3. The summed E-state index contributed by atoms with van der Waals surface area (Å²) in [5.74, 6) is 0.0718. The fourth-order valence-corrected chi connectivity index (χ4v) is 2.41. The van der Waals surface area contributed by atoms with Gasteiger partial charge in [-0.25, -0.2) is 4.79 Å². The first-order valence-corrected chi connectivity index (χ1v) is 7.97. The predicted octanol–water partition coefficient (Wildman–Crippen LogP) is 3.97. The molecule has 0 aliphatic heterocycles. The Balaban J connectivity index is 2.16. The second kappa shape index (κ2) is 9.53. The average Bonchev–Trinajstić information content (AvgIpc) is 2.98. The summed E-state index contributed by atoms with van der Waals surface area (Å²) >= 11 is 1.43. The highest BCUT2D eigenvalue weighted by Gasteiger charge is 2.13. The van der Waals surface area contributed by atoms with E-state index in [2.05, 4.69) is 6.92 Å². The van der Waals surface area contributed by atoms with Crippen LogP contribution in [0, 0.1) is 0 Å². The first-order valence-electron chi connectivity index (χ1n) is 7.09. The van der Waals surface area contributed by atoms with Crippen LogP contribution in [-0.4, -0.2) is 37.0 Å². The summed E-state index contributed by atoms with van der Waals surface area (Å²) in [6, 6.07) is 3.66. The molecule has 0 unspecified atom stereocenters. The minimum atomic E-state index is -0.347. The van der Waals surface area contributed by atoms with Crippen molar-refractivity contribution in [2.75, 3.05) is 20.2 Å². The lowest BCUT2D eigenvalue weighted by molar-refractivity contribution is 0.0940. The molecule has 112 valence electrons. The van der Waals surface area contributed by atoms with Crippen LogP contribution in [0.2, 0.25) is 0 Å². The van der Waals surface area contributed by atoms with Crippen LogP contribution in [0.4, 0.5) is 4.79 Å². The Bertz CT molecular complexity index is 403. The third-order valence-corrected chi connectivity index (χ3v) is 3.92. The number of Topliss-reactive ketones (excluding diaryl/α,β-unsaturated/α-hetero) is 1. The molecule has 0 fully saturated rings. The van der Waals surface area contributed by atoms with Gasteiger partial charge in [-0.05, 0) is 17.9 Å². The fraction of sp³-hybridized carbons (Fsp3) is 0.600. The van der Waals surface area contributed by atoms with Gasteiger partial charge in [0.15, 0.2) is 5.78 Å². The van der Waals surface area contributed by atoms with Gasteiger partial charge in [-0.2, -0.15) is 0 Å². The highest BCUT2D eigenvalue weighted by molar-refractivity contribution is 7.12. The van der Waals surface area contributed by atoms with E-state index >= 15 is 0 Å². The lowest BCUT2D eigenvalue weighted by Gasteiger charge is -2.16. The molecule has 0 atom stereocenters. The summed E-state index contributed by atoms with van der Waals surface area (Å²) in [4.78, 5) is 25.7. The van der Waals surface area contributed by atoms with Gasteiger partial charge in [-0.1, -0.05) is 32.3 Å². The topological polar surface area (TPSA) is 46.6 Å². The maximum Gasteiger partial charge on any atom is 0.409 e. The SMILES string of the molecule is CCCCCCOC(=O)N(C)CCC(=O)c1cccs1. The Morgan fingerprint density at radius 1 is 1.30 bits per heavy atom. The van der Waals surface area contributed by atoms with Crippen LogP contribution < -0.4 is 0 Å². The third-order valence-electron chi connectivity index (χ3n) is 3.01. The van der Waals surface area contributed by atoms with Gasteiger partial charge in [0.2, 0.25) is 0 Å². The molecular weight excluding hydrogens is 274 g/mol. The molecular formula is C15H23NO3S. The number of hydrogen-bond donors (Lipinski definition) is 0. The highest BCUT2D eigenvalue weighted by atomic mass is 32.1. The smallest absolute Gasteiger partial charge is 0.409 e. The molecule has 5 heteroatoms. The molecule has 1 amide bonds. The van der Waals surface area contributed by atoms with Gasteiger partial charge >= 0.3 is 6.09 Å². The number of nitrogens with zero attached hydrogens (tertiary/aromatic N) is 1. The maximum absolute atomic E-state index is 11.8. The van der Waals surface area contributed by atoms with Crippen molar-refractivity contribution >= 4 is 23.2 Å². The molecule has 0 saturated heterocycles. The molecule has 0 radical (unpaired) electrons. The van der Waals surface area contributed by atoms with E-state index in [0.717, 1.165) is 17.7 Å². The summed E-state index contributed by atoms with van der Waals surface area (Å²) in [5, 5.41) is 1.88. The summed E-state index contributed by atoms with van der Waals surface area (Å²) in [6.07, 6.45) is 4.32. The van der Waals surface area contributed by atoms with Crippen LogP contribution in [-0.2, 0) is 4.74 Å². The fourth-order valence-electron chi connectivity index (χ4n) is 1.72. The summed E-state index contributed by atoms with van der Waals surface area (Å²) in [5.41, 5.74) is 0. The number of hydrogen-bond acceptors (Lipinski definition) is 4. The Hall–Kier alpha value is -1.36. The molecule has 1 aromatic rings. The van der Waals surface area contributed by atoms with Gasteiger partial charge in [0.1, 0.15) is 0 Å². The van der Waals surface area contributed by atoms with Gasteiger partial charge in [-0.15, -0.1) is 11.3 Å². The normalized spacial score (nSPS) is 10.3. The molecule has 4 nitrogen and oxygen atoms in total. The van der Waals surface area contributed by atoms with E-state index in [1.165, 1.54) is 29.1 Å². The van der Waals surface area contributed by atoms with Gasteiger partial charge in [0.05, 0.1) is 11.5 Å². The number of thiophene rings is 1. The summed E-state index contributed by atoms with van der Waals surface area (Å²) in [6.45, 7) is 3.00. The number of ketones is 1. The van der Waals surface area contributed by atoms with E-state index < -0.39 is 0 Å². The quantitative estimate of drug-likeness (QED) is 0.512. The van der Waals surface area contributed by atoms with E-state index in [9.17, 15) is 9.59 Å².